The van der Waals surface area contributed by atoms with Crippen molar-refractivity contribution in [2.24, 2.45) is 0 Å². The third kappa shape index (κ3) is 5.18. The third-order valence-corrected chi connectivity index (χ3v) is 3.40. The third-order valence-electron chi connectivity index (χ3n) is 2.68. The van der Waals surface area contributed by atoms with Crippen LogP contribution in [-0.4, -0.2) is 48.1 Å². The van der Waals surface area contributed by atoms with Crippen LogP contribution in [-0.2, 0) is 4.74 Å². The molecule has 0 saturated heterocycles. The Hall–Kier alpha value is -1.11. The van der Waals surface area contributed by atoms with Crippen molar-refractivity contribution in [2.45, 2.75) is 24.0 Å². The fourth-order valence-corrected chi connectivity index (χ4v) is 2.05. The predicted molar refractivity (Wildman–Crippen MR) is 75.5 cm³/mol. The molecule has 1 aromatic heterocycles. The molecule has 0 bridgehead atoms. The Morgan fingerprint density at radius 3 is 3.00 bits per heavy atom. The summed E-state index contributed by atoms with van der Waals surface area (Å²) in [5, 5.41) is 13.5. The number of pyridine rings is 1. The van der Waals surface area contributed by atoms with Crippen LogP contribution in [0.4, 0.5) is 0 Å². The van der Waals surface area contributed by atoms with Gasteiger partial charge in [-0.15, -0.1) is 11.8 Å². The second-order valence-electron chi connectivity index (χ2n) is 4.48. The van der Waals surface area contributed by atoms with Crippen LogP contribution in [0.3, 0.4) is 0 Å². The van der Waals surface area contributed by atoms with E-state index in [9.17, 15) is 9.90 Å². The summed E-state index contributed by atoms with van der Waals surface area (Å²) in [7, 11) is 1.58. The molecule has 0 saturated carbocycles. The Kier molecular flexibility index (Phi) is 6.27. The van der Waals surface area contributed by atoms with Crippen molar-refractivity contribution in [3.63, 3.8) is 0 Å². The normalized spacial score (nSPS) is 13.9. The largest absolute Gasteiger partial charge is 0.388 e. The maximum Gasteiger partial charge on any atom is 0.254 e. The smallest absolute Gasteiger partial charge is 0.254 e. The Morgan fingerprint density at radius 2 is 2.37 bits per heavy atom. The number of aromatic nitrogens is 1. The Bertz CT molecular complexity index is 424. The van der Waals surface area contributed by atoms with Gasteiger partial charge in [0.25, 0.3) is 5.91 Å². The van der Waals surface area contributed by atoms with Crippen molar-refractivity contribution in [1.29, 1.82) is 0 Å². The summed E-state index contributed by atoms with van der Waals surface area (Å²) in [5.41, 5.74) is -0.453. The average molecular weight is 284 g/mol. The number of hydrogen-bond donors (Lipinski definition) is 2. The van der Waals surface area contributed by atoms with E-state index in [-0.39, 0.29) is 12.5 Å². The van der Waals surface area contributed by atoms with Crippen LogP contribution in [0.2, 0.25) is 0 Å². The first kappa shape index (κ1) is 15.9. The number of nitrogens with zero attached hydrogens (tertiary/aromatic N) is 1. The molecule has 0 aromatic carbocycles. The first-order valence-electron chi connectivity index (χ1n) is 5.98. The van der Waals surface area contributed by atoms with E-state index in [1.165, 1.54) is 11.8 Å². The van der Waals surface area contributed by atoms with Gasteiger partial charge in [-0.1, -0.05) is 0 Å². The standard InChI is InChI=1S/C13H20N2O3S/c1-13(17,6-8-18-2)9-15-11(16)10-5-4-7-14-12(10)19-3/h4-5,7,17H,6,8-9H2,1-3H3,(H,15,16). The maximum absolute atomic E-state index is 12.0. The number of aliphatic hydroxyl groups is 1. The number of amides is 1. The molecular weight excluding hydrogens is 264 g/mol. The second kappa shape index (κ2) is 7.47. The van der Waals surface area contributed by atoms with E-state index in [0.29, 0.717) is 23.6 Å². The molecule has 0 fully saturated rings. The zero-order chi connectivity index (χ0) is 14.3. The van der Waals surface area contributed by atoms with Crippen molar-refractivity contribution in [2.75, 3.05) is 26.5 Å². The van der Waals surface area contributed by atoms with E-state index in [1.807, 2.05) is 6.26 Å². The van der Waals surface area contributed by atoms with Gasteiger partial charge in [0.05, 0.1) is 11.2 Å². The first-order valence-corrected chi connectivity index (χ1v) is 7.21. The maximum atomic E-state index is 12.0. The highest BCUT2D eigenvalue weighted by Gasteiger charge is 2.22. The summed E-state index contributed by atoms with van der Waals surface area (Å²) in [5.74, 6) is -0.227. The van der Waals surface area contributed by atoms with E-state index < -0.39 is 5.60 Å². The van der Waals surface area contributed by atoms with Crippen molar-refractivity contribution in [3.05, 3.63) is 23.9 Å². The highest BCUT2D eigenvalue weighted by Crippen LogP contribution is 2.17. The fraction of sp³-hybridized carbons (Fsp3) is 0.538. The molecule has 5 nitrogen and oxygen atoms in total. The van der Waals surface area contributed by atoms with E-state index in [0.717, 1.165) is 0 Å². The lowest BCUT2D eigenvalue weighted by Gasteiger charge is -2.23. The van der Waals surface area contributed by atoms with Gasteiger partial charge in [-0.3, -0.25) is 4.79 Å². The minimum Gasteiger partial charge on any atom is -0.388 e. The van der Waals surface area contributed by atoms with Gasteiger partial charge in [-0.05, 0) is 25.3 Å². The number of methoxy groups -OCH3 is 1. The molecular formula is C13H20N2O3S. The fourth-order valence-electron chi connectivity index (χ4n) is 1.50. The van der Waals surface area contributed by atoms with Crippen molar-refractivity contribution >= 4 is 17.7 Å². The molecule has 1 atom stereocenters. The van der Waals surface area contributed by atoms with E-state index in [4.69, 9.17) is 4.74 Å². The highest BCUT2D eigenvalue weighted by molar-refractivity contribution is 7.98. The van der Waals surface area contributed by atoms with E-state index in [1.54, 1.807) is 32.4 Å². The summed E-state index contributed by atoms with van der Waals surface area (Å²) in [6.45, 7) is 2.30. The van der Waals surface area contributed by atoms with Gasteiger partial charge in [0.2, 0.25) is 0 Å². The van der Waals surface area contributed by atoms with Crippen LogP contribution in [0.15, 0.2) is 23.4 Å². The molecule has 1 heterocycles. The Morgan fingerprint density at radius 1 is 1.63 bits per heavy atom. The summed E-state index contributed by atoms with van der Waals surface area (Å²) in [6.07, 6.45) is 3.98. The molecule has 0 aliphatic heterocycles. The summed E-state index contributed by atoms with van der Waals surface area (Å²) < 4.78 is 4.92. The second-order valence-corrected chi connectivity index (χ2v) is 5.28. The molecule has 19 heavy (non-hydrogen) atoms. The summed E-state index contributed by atoms with van der Waals surface area (Å²) in [4.78, 5) is 16.2. The zero-order valence-electron chi connectivity index (χ0n) is 11.5. The van der Waals surface area contributed by atoms with Gasteiger partial charge in [0.15, 0.2) is 0 Å². The summed E-state index contributed by atoms with van der Waals surface area (Å²) >= 11 is 1.42. The van der Waals surface area contributed by atoms with Crippen molar-refractivity contribution < 1.29 is 14.6 Å². The number of thioether (sulfide) groups is 1. The first-order chi connectivity index (χ1) is 9.00. The molecule has 0 aliphatic carbocycles. The molecule has 1 rings (SSSR count). The SMILES string of the molecule is COCCC(C)(O)CNC(=O)c1cccnc1SC. The van der Waals surface area contributed by atoms with Gasteiger partial charge < -0.3 is 15.2 Å². The van der Waals surface area contributed by atoms with E-state index in [2.05, 4.69) is 10.3 Å². The van der Waals surface area contributed by atoms with Crippen LogP contribution < -0.4 is 5.32 Å². The Balaban J connectivity index is 2.60. The van der Waals surface area contributed by atoms with Crippen LogP contribution in [0, 0.1) is 0 Å². The zero-order valence-corrected chi connectivity index (χ0v) is 12.3. The van der Waals surface area contributed by atoms with Crippen LogP contribution in [0.1, 0.15) is 23.7 Å². The molecule has 6 heteroatoms. The molecule has 106 valence electrons. The number of hydrogen-bond acceptors (Lipinski definition) is 5. The van der Waals surface area contributed by atoms with Crippen molar-refractivity contribution in [1.82, 2.24) is 10.3 Å². The molecule has 1 aromatic rings. The van der Waals surface area contributed by atoms with Crippen molar-refractivity contribution in [3.8, 4) is 0 Å². The highest BCUT2D eigenvalue weighted by atomic mass is 32.2. The average Bonchev–Trinajstić information content (AvgIpc) is 2.42. The van der Waals surface area contributed by atoms with Gasteiger partial charge >= 0.3 is 0 Å². The van der Waals surface area contributed by atoms with Crippen LogP contribution in [0.5, 0.6) is 0 Å². The van der Waals surface area contributed by atoms with Gasteiger partial charge in [-0.2, -0.15) is 0 Å². The lowest BCUT2D eigenvalue weighted by atomic mass is 10.0. The minimum absolute atomic E-state index is 0.178. The molecule has 1 unspecified atom stereocenters. The Labute approximate surface area is 117 Å². The molecule has 0 aliphatic rings. The van der Waals surface area contributed by atoms with Crippen LogP contribution in [0.25, 0.3) is 0 Å². The lowest BCUT2D eigenvalue weighted by molar-refractivity contribution is 0.0243. The quantitative estimate of drug-likeness (QED) is 0.739. The van der Waals surface area contributed by atoms with E-state index >= 15 is 0 Å². The monoisotopic (exact) mass is 284 g/mol. The van der Waals surface area contributed by atoms with Crippen LogP contribution >= 0.6 is 11.8 Å². The van der Waals surface area contributed by atoms with Gasteiger partial charge in [0, 0.05) is 32.9 Å². The number of ether oxygens (including phenoxy) is 1. The predicted octanol–water partition coefficient (Wildman–Crippen LogP) is 1.32. The lowest BCUT2D eigenvalue weighted by Crippen LogP contribution is -2.41. The molecule has 1 amide bonds. The van der Waals surface area contributed by atoms with Gasteiger partial charge in [-0.25, -0.2) is 4.98 Å². The number of rotatable bonds is 7. The minimum atomic E-state index is -0.979. The number of nitrogens with one attached hydrogen (secondary N) is 1. The number of carbonyl (C=O) groups is 1. The molecule has 2 N–H and O–H groups in total. The van der Waals surface area contributed by atoms with Gasteiger partial charge in [0.1, 0.15) is 5.03 Å². The number of carbonyl (C=O) groups excluding carboxylic acids is 1. The topological polar surface area (TPSA) is 71.5 Å². The molecule has 0 radical (unpaired) electrons. The molecule has 0 spiro atoms. The summed E-state index contributed by atoms with van der Waals surface area (Å²) in [6, 6.07) is 3.44.